The van der Waals surface area contributed by atoms with Crippen LogP contribution in [0, 0.1) is 0 Å². The highest BCUT2D eigenvalue weighted by Crippen LogP contribution is 2.20. The Labute approximate surface area is 129 Å². The second kappa shape index (κ2) is 5.87. The van der Waals surface area contributed by atoms with Gasteiger partial charge >= 0.3 is 0 Å². The minimum atomic E-state index is -1.14. The molecule has 0 aliphatic heterocycles. The molecule has 0 saturated heterocycles. The number of rotatable bonds is 4. The Morgan fingerprint density at radius 2 is 2.05 bits per heavy atom. The maximum Gasteiger partial charge on any atom is 0.108 e. The fourth-order valence-corrected chi connectivity index (χ4v) is 3.64. The highest BCUT2D eigenvalue weighted by atomic mass is 35.5. The van der Waals surface area contributed by atoms with E-state index < -0.39 is 10.8 Å². The predicted octanol–water partition coefficient (Wildman–Crippen LogP) is 3.15. The van der Waals surface area contributed by atoms with Crippen molar-refractivity contribution < 1.29 is 4.21 Å². The highest BCUT2D eigenvalue weighted by Gasteiger charge is 2.10. The van der Waals surface area contributed by atoms with Crippen molar-refractivity contribution in [2.45, 2.75) is 11.3 Å². The Bertz CT molecular complexity index is 816. The number of imidazole rings is 1. The van der Waals surface area contributed by atoms with Gasteiger partial charge in [-0.15, -0.1) is 0 Å². The molecule has 1 heterocycles. The van der Waals surface area contributed by atoms with Crippen LogP contribution in [0.4, 0.5) is 5.69 Å². The number of nitrogens with one attached hydrogen (secondary N) is 1. The fourth-order valence-electron chi connectivity index (χ4n) is 2.13. The van der Waals surface area contributed by atoms with Crippen LogP contribution < -0.4 is 5.73 Å². The van der Waals surface area contributed by atoms with Crippen LogP contribution in [-0.2, 0) is 17.2 Å². The summed E-state index contributed by atoms with van der Waals surface area (Å²) in [6, 6.07) is 12.7. The van der Waals surface area contributed by atoms with Gasteiger partial charge in [-0.25, -0.2) is 4.98 Å². The SMILES string of the molecule is Nc1ccc2nc(CCS(=O)c3ccccc3Cl)[nH]c2c1. The maximum absolute atomic E-state index is 12.3. The van der Waals surface area contributed by atoms with Crippen LogP contribution in [0.5, 0.6) is 0 Å². The van der Waals surface area contributed by atoms with Crippen LogP contribution in [0.3, 0.4) is 0 Å². The Kier molecular flexibility index (Phi) is 3.94. The maximum atomic E-state index is 12.3. The first-order valence-electron chi connectivity index (χ1n) is 6.50. The van der Waals surface area contributed by atoms with Crippen LogP contribution in [0.15, 0.2) is 47.4 Å². The third-order valence-electron chi connectivity index (χ3n) is 3.16. The lowest BCUT2D eigenvalue weighted by Gasteiger charge is -2.03. The van der Waals surface area contributed by atoms with Crippen LogP contribution >= 0.6 is 11.6 Å². The smallest absolute Gasteiger partial charge is 0.108 e. The second-order valence-corrected chi connectivity index (χ2v) is 6.64. The molecule has 0 fully saturated rings. The van der Waals surface area contributed by atoms with Crippen LogP contribution in [0.25, 0.3) is 11.0 Å². The first-order valence-corrected chi connectivity index (χ1v) is 8.20. The molecule has 3 aromatic rings. The van der Waals surface area contributed by atoms with Gasteiger partial charge < -0.3 is 10.7 Å². The molecule has 21 heavy (non-hydrogen) atoms. The number of nitrogens with two attached hydrogens (primary N) is 1. The van der Waals surface area contributed by atoms with E-state index >= 15 is 0 Å². The van der Waals surface area contributed by atoms with E-state index in [-0.39, 0.29) is 0 Å². The molecule has 0 spiro atoms. The summed E-state index contributed by atoms with van der Waals surface area (Å²) < 4.78 is 12.3. The van der Waals surface area contributed by atoms with Crippen molar-refractivity contribution in [1.29, 1.82) is 0 Å². The Morgan fingerprint density at radius 1 is 1.24 bits per heavy atom. The van der Waals surface area contributed by atoms with Crippen molar-refractivity contribution in [3.63, 3.8) is 0 Å². The molecule has 1 atom stereocenters. The molecule has 0 bridgehead atoms. The number of nitrogen functional groups attached to an aromatic ring is 1. The van der Waals surface area contributed by atoms with Crippen molar-refractivity contribution in [2.24, 2.45) is 0 Å². The molecule has 0 aliphatic rings. The minimum Gasteiger partial charge on any atom is -0.399 e. The molecule has 0 saturated carbocycles. The van der Waals surface area contributed by atoms with Gasteiger partial charge in [-0.1, -0.05) is 23.7 Å². The van der Waals surface area contributed by atoms with E-state index in [1.165, 1.54) is 0 Å². The van der Waals surface area contributed by atoms with Gasteiger partial charge in [-0.05, 0) is 30.3 Å². The van der Waals surface area contributed by atoms with Gasteiger partial charge in [0, 0.05) is 17.9 Å². The van der Waals surface area contributed by atoms with Crippen molar-refractivity contribution >= 4 is 39.1 Å². The Morgan fingerprint density at radius 3 is 2.86 bits per heavy atom. The van der Waals surface area contributed by atoms with E-state index in [0.29, 0.717) is 27.8 Å². The van der Waals surface area contributed by atoms with Gasteiger partial charge in [0.25, 0.3) is 0 Å². The number of fused-ring (bicyclic) bond motifs is 1. The zero-order valence-electron chi connectivity index (χ0n) is 11.2. The second-order valence-electron chi connectivity index (χ2n) is 4.69. The summed E-state index contributed by atoms with van der Waals surface area (Å²) in [4.78, 5) is 8.33. The number of benzene rings is 2. The molecule has 4 nitrogen and oxygen atoms in total. The number of aromatic amines is 1. The number of nitrogens with zero attached hydrogens (tertiary/aromatic N) is 1. The predicted molar refractivity (Wildman–Crippen MR) is 86.9 cm³/mol. The quantitative estimate of drug-likeness (QED) is 0.726. The summed E-state index contributed by atoms with van der Waals surface area (Å²) in [5.41, 5.74) is 8.19. The molecule has 6 heteroatoms. The molecule has 3 N–H and O–H groups in total. The third kappa shape index (κ3) is 3.09. The summed E-state index contributed by atoms with van der Waals surface area (Å²) >= 11 is 6.05. The molecule has 108 valence electrons. The summed E-state index contributed by atoms with van der Waals surface area (Å²) in [5.74, 6) is 1.27. The molecule has 0 radical (unpaired) electrons. The van der Waals surface area contributed by atoms with Gasteiger partial charge in [0.15, 0.2) is 0 Å². The van der Waals surface area contributed by atoms with E-state index in [0.717, 1.165) is 16.9 Å². The Hall–Kier alpha value is -1.85. The van der Waals surface area contributed by atoms with Crippen LogP contribution in [-0.4, -0.2) is 19.9 Å². The molecular formula is C15H14ClN3OS. The summed E-state index contributed by atoms with van der Waals surface area (Å²) in [7, 11) is -1.14. The van der Waals surface area contributed by atoms with Crippen molar-refractivity contribution in [2.75, 3.05) is 11.5 Å². The molecule has 1 aromatic heterocycles. The number of halogens is 1. The highest BCUT2D eigenvalue weighted by molar-refractivity contribution is 7.85. The van der Waals surface area contributed by atoms with Gasteiger partial charge in [0.05, 0.1) is 31.8 Å². The first kappa shape index (κ1) is 14.1. The molecular weight excluding hydrogens is 306 g/mol. The number of hydrogen-bond acceptors (Lipinski definition) is 3. The number of hydrogen-bond donors (Lipinski definition) is 2. The molecule has 2 aromatic carbocycles. The third-order valence-corrected chi connectivity index (χ3v) is 5.02. The topological polar surface area (TPSA) is 71.8 Å². The van der Waals surface area contributed by atoms with Gasteiger partial charge in [0.1, 0.15) is 5.82 Å². The average molecular weight is 320 g/mol. The molecule has 0 amide bonds. The number of anilines is 1. The lowest BCUT2D eigenvalue weighted by Crippen LogP contribution is -2.03. The van der Waals surface area contributed by atoms with E-state index in [4.69, 9.17) is 17.3 Å². The lowest BCUT2D eigenvalue weighted by molar-refractivity contribution is 0.682. The van der Waals surface area contributed by atoms with E-state index in [1.54, 1.807) is 12.1 Å². The van der Waals surface area contributed by atoms with Crippen molar-refractivity contribution in [1.82, 2.24) is 9.97 Å². The fraction of sp³-hybridized carbons (Fsp3) is 0.133. The zero-order valence-corrected chi connectivity index (χ0v) is 12.7. The monoisotopic (exact) mass is 319 g/mol. The van der Waals surface area contributed by atoms with Gasteiger partial charge in [0.2, 0.25) is 0 Å². The minimum absolute atomic E-state index is 0.471. The normalized spacial score (nSPS) is 12.6. The van der Waals surface area contributed by atoms with Crippen molar-refractivity contribution in [3.05, 3.63) is 53.3 Å². The van der Waals surface area contributed by atoms with E-state index in [2.05, 4.69) is 9.97 Å². The first-order chi connectivity index (χ1) is 10.1. The summed E-state index contributed by atoms with van der Waals surface area (Å²) in [5, 5.41) is 0.535. The van der Waals surface area contributed by atoms with Crippen LogP contribution in [0.2, 0.25) is 5.02 Å². The Balaban J connectivity index is 1.74. The number of aryl methyl sites for hydroxylation is 1. The average Bonchev–Trinajstić information content (AvgIpc) is 2.87. The van der Waals surface area contributed by atoms with E-state index in [1.807, 2.05) is 30.3 Å². The summed E-state index contributed by atoms with van der Waals surface area (Å²) in [6.07, 6.45) is 0.590. The van der Waals surface area contributed by atoms with Gasteiger partial charge in [-0.3, -0.25) is 4.21 Å². The summed E-state index contributed by atoms with van der Waals surface area (Å²) in [6.45, 7) is 0. The largest absolute Gasteiger partial charge is 0.399 e. The van der Waals surface area contributed by atoms with Crippen LogP contribution in [0.1, 0.15) is 5.82 Å². The number of aromatic nitrogens is 2. The van der Waals surface area contributed by atoms with E-state index in [9.17, 15) is 4.21 Å². The lowest BCUT2D eigenvalue weighted by atomic mass is 10.3. The molecule has 3 rings (SSSR count). The van der Waals surface area contributed by atoms with Gasteiger partial charge in [-0.2, -0.15) is 0 Å². The molecule has 0 aliphatic carbocycles. The number of H-pyrrole nitrogens is 1. The van der Waals surface area contributed by atoms with Crippen molar-refractivity contribution in [3.8, 4) is 0 Å². The zero-order chi connectivity index (χ0) is 14.8. The molecule has 1 unspecified atom stereocenters. The standard InChI is InChI=1S/C15H14ClN3OS/c16-11-3-1-2-4-14(11)21(20)8-7-15-18-12-6-5-10(17)9-13(12)19-15/h1-6,9H,7-8,17H2,(H,18,19).